The van der Waals surface area contributed by atoms with Crippen LogP contribution in [0.5, 0.6) is 11.5 Å². The molecule has 0 saturated carbocycles. The molecule has 0 N–H and O–H groups in total. The summed E-state index contributed by atoms with van der Waals surface area (Å²) in [4.78, 5) is 26.8. The van der Waals surface area contributed by atoms with Crippen LogP contribution in [0.1, 0.15) is 11.1 Å². The molecule has 0 spiro atoms. The van der Waals surface area contributed by atoms with Crippen molar-refractivity contribution in [1.29, 1.82) is 0 Å². The molecule has 0 unspecified atom stereocenters. The number of para-hydroxylation sites is 1. The molecule has 0 radical (unpaired) electrons. The van der Waals surface area contributed by atoms with Gasteiger partial charge in [0.15, 0.2) is 11.5 Å². The van der Waals surface area contributed by atoms with Gasteiger partial charge in [-0.2, -0.15) is 0 Å². The van der Waals surface area contributed by atoms with Crippen LogP contribution in [0.2, 0.25) is 0 Å². The second-order valence-electron chi connectivity index (χ2n) is 6.20. The number of rotatable bonds is 3. The maximum Gasteiger partial charge on any atom is 0.347 e. The van der Waals surface area contributed by atoms with Crippen molar-refractivity contribution in [2.75, 3.05) is 32.2 Å². The van der Waals surface area contributed by atoms with Gasteiger partial charge in [0, 0.05) is 25.3 Å². The monoisotopic (exact) mass is 351 g/mol. The fourth-order valence-electron chi connectivity index (χ4n) is 3.17. The lowest BCUT2D eigenvalue weighted by Gasteiger charge is -2.19. The third kappa shape index (κ3) is 2.60. The van der Waals surface area contributed by atoms with E-state index in [1.807, 2.05) is 43.3 Å². The Morgan fingerprint density at radius 3 is 2.31 bits per heavy atom. The van der Waals surface area contributed by atoms with E-state index in [9.17, 15) is 9.59 Å². The van der Waals surface area contributed by atoms with Crippen LogP contribution in [0.15, 0.2) is 42.5 Å². The Labute approximate surface area is 150 Å². The van der Waals surface area contributed by atoms with Crippen LogP contribution in [-0.4, -0.2) is 39.2 Å². The molecule has 6 heteroatoms. The summed E-state index contributed by atoms with van der Waals surface area (Å²) in [7, 11) is 3.76. The smallest absolute Gasteiger partial charge is 0.347 e. The number of ether oxygens (including phenoxy) is 3. The Bertz CT molecular complexity index is 945. The van der Waals surface area contributed by atoms with Gasteiger partial charge < -0.3 is 19.1 Å². The molecule has 0 atom stereocenters. The number of hydrogen-bond donors (Lipinski definition) is 0. The molecule has 2 aromatic rings. The van der Waals surface area contributed by atoms with Crippen molar-refractivity contribution in [2.24, 2.45) is 0 Å². The van der Waals surface area contributed by atoms with Crippen LogP contribution < -0.4 is 14.4 Å². The minimum Gasteiger partial charge on any atom is -0.486 e. The van der Waals surface area contributed by atoms with E-state index in [-0.39, 0.29) is 11.1 Å². The second kappa shape index (κ2) is 6.22. The number of anilines is 1. The summed E-state index contributed by atoms with van der Waals surface area (Å²) in [6.45, 7) is 0.923. The second-order valence-corrected chi connectivity index (χ2v) is 6.20. The molecule has 4 rings (SSSR count). The highest BCUT2D eigenvalue weighted by Gasteiger charge is 2.36. The van der Waals surface area contributed by atoms with Crippen molar-refractivity contribution in [3.8, 4) is 11.5 Å². The number of fused-ring (bicyclic) bond motifs is 1. The Kier molecular flexibility index (Phi) is 3.88. The average molecular weight is 351 g/mol. The lowest BCUT2D eigenvalue weighted by atomic mass is 9.94. The van der Waals surface area contributed by atoms with Gasteiger partial charge in [0.05, 0.1) is 11.1 Å². The van der Waals surface area contributed by atoms with Crippen molar-refractivity contribution in [3.05, 3.63) is 53.6 Å². The first kappa shape index (κ1) is 16.2. The molecule has 0 amide bonds. The number of carbonyl (C=O) groups excluding carboxylic acids is 2. The Morgan fingerprint density at radius 1 is 0.846 bits per heavy atom. The van der Waals surface area contributed by atoms with Gasteiger partial charge in [0.1, 0.15) is 13.2 Å². The summed E-state index contributed by atoms with van der Waals surface area (Å²) >= 11 is 0. The average Bonchev–Trinajstić information content (AvgIpc) is 2.95. The van der Waals surface area contributed by atoms with E-state index in [0.717, 1.165) is 5.69 Å². The summed E-state index contributed by atoms with van der Waals surface area (Å²) in [5.41, 5.74) is 2.54. The van der Waals surface area contributed by atoms with Crippen molar-refractivity contribution in [1.82, 2.24) is 0 Å². The molecule has 132 valence electrons. The zero-order chi connectivity index (χ0) is 18.3. The van der Waals surface area contributed by atoms with Crippen LogP contribution in [0, 0.1) is 0 Å². The molecule has 0 bridgehead atoms. The molecule has 2 aliphatic rings. The molecule has 6 nitrogen and oxygen atoms in total. The predicted octanol–water partition coefficient (Wildman–Crippen LogP) is 2.52. The highest BCUT2D eigenvalue weighted by Crippen LogP contribution is 2.40. The van der Waals surface area contributed by atoms with Crippen molar-refractivity contribution in [2.45, 2.75) is 0 Å². The maximum absolute atomic E-state index is 12.5. The molecule has 2 heterocycles. The quantitative estimate of drug-likeness (QED) is 0.625. The van der Waals surface area contributed by atoms with Gasteiger partial charge in [0.2, 0.25) is 0 Å². The Morgan fingerprint density at radius 2 is 1.54 bits per heavy atom. The molecule has 26 heavy (non-hydrogen) atoms. The van der Waals surface area contributed by atoms with Gasteiger partial charge in [-0.15, -0.1) is 0 Å². The van der Waals surface area contributed by atoms with E-state index < -0.39 is 11.9 Å². The fourth-order valence-corrected chi connectivity index (χ4v) is 3.17. The third-order valence-corrected chi connectivity index (χ3v) is 4.33. The summed E-state index contributed by atoms with van der Waals surface area (Å²) in [5.74, 6) is -0.133. The van der Waals surface area contributed by atoms with Gasteiger partial charge in [-0.1, -0.05) is 24.3 Å². The highest BCUT2D eigenvalue weighted by atomic mass is 16.6. The van der Waals surface area contributed by atoms with Crippen molar-refractivity contribution in [3.63, 3.8) is 0 Å². The van der Waals surface area contributed by atoms with Crippen LogP contribution in [0.25, 0.3) is 11.1 Å². The van der Waals surface area contributed by atoms with Crippen molar-refractivity contribution < 1.29 is 23.8 Å². The van der Waals surface area contributed by atoms with E-state index in [2.05, 4.69) is 0 Å². The third-order valence-electron chi connectivity index (χ3n) is 4.33. The summed E-state index contributed by atoms with van der Waals surface area (Å²) in [6.07, 6.45) is 0. The van der Waals surface area contributed by atoms with Crippen LogP contribution in [0.3, 0.4) is 0 Å². The van der Waals surface area contributed by atoms with E-state index in [1.165, 1.54) is 0 Å². The van der Waals surface area contributed by atoms with E-state index in [4.69, 9.17) is 14.2 Å². The molecule has 0 aliphatic carbocycles. The van der Waals surface area contributed by atoms with Crippen LogP contribution >= 0.6 is 0 Å². The largest absolute Gasteiger partial charge is 0.486 e. The number of nitrogens with zero attached hydrogens (tertiary/aromatic N) is 1. The number of benzene rings is 2. The van der Waals surface area contributed by atoms with Gasteiger partial charge in [-0.3, -0.25) is 0 Å². The number of hydrogen-bond acceptors (Lipinski definition) is 6. The zero-order valence-corrected chi connectivity index (χ0v) is 14.4. The van der Waals surface area contributed by atoms with Gasteiger partial charge >= 0.3 is 11.9 Å². The predicted molar refractivity (Wildman–Crippen MR) is 96.1 cm³/mol. The summed E-state index contributed by atoms with van der Waals surface area (Å²) in [5, 5.41) is 0. The minimum atomic E-state index is -0.657. The minimum absolute atomic E-state index is 0.237. The molecule has 0 fully saturated rings. The first-order chi connectivity index (χ1) is 12.6. The fraction of sp³-hybridized carbons (Fsp3) is 0.200. The molecule has 2 aromatic carbocycles. The lowest BCUT2D eigenvalue weighted by Crippen LogP contribution is -2.15. The van der Waals surface area contributed by atoms with Gasteiger partial charge in [-0.25, -0.2) is 9.59 Å². The molecule has 2 aliphatic heterocycles. The molecular weight excluding hydrogens is 334 g/mol. The van der Waals surface area contributed by atoms with Crippen molar-refractivity contribution >= 4 is 28.8 Å². The summed E-state index contributed by atoms with van der Waals surface area (Å²) in [6, 6.07) is 12.6. The lowest BCUT2D eigenvalue weighted by molar-refractivity contribution is -0.149. The standard InChI is InChI=1S/C20H17NO5/c1-21(2)14-6-4-3-5-13(14)18-17(19(22)26-20(18)23)12-7-8-15-16(11-12)25-10-9-24-15/h3-8,11H,9-10H2,1-2H3. The van der Waals surface area contributed by atoms with E-state index >= 15 is 0 Å². The molecule has 0 aromatic heterocycles. The van der Waals surface area contributed by atoms with Crippen LogP contribution in [0.4, 0.5) is 5.69 Å². The van der Waals surface area contributed by atoms with Crippen LogP contribution in [-0.2, 0) is 14.3 Å². The van der Waals surface area contributed by atoms with Gasteiger partial charge in [-0.05, 0) is 23.8 Å². The zero-order valence-electron chi connectivity index (χ0n) is 14.4. The number of carbonyl (C=O) groups is 2. The SMILES string of the molecule is CN(C)c1ccccc1C1=C(c2ccc3c(c2)OCCO3)C(=O)OC1=O. The number of esters is 2. The first-order valence-electron chi connectivity index (χ1n) is 8.24. The summed E-state index contributed by atoms with van der Waals surface area (Å²) < 4.78 is 16.0. The van der Waals surface area contributed by atoms with Gasteiger partial charge in [0.25, 0.3) is 0 Å². The Balaban J connectivity index is 1.92. The molecule has 0 saturated heterocycles. The normalized spacial score (nSPS) is 15.9. The highest BCUT2D eigenvalue weighted by molar-refractivity contribution is 6.45. The Hall–Kier alpha value is -3.28. The molecular formula is C20H17NO5. The maximum atomic E-state index is 12.5. The topological polar surface area (TPSA) is 65.1 Å². The van der Waals surface area contributed by atoms with E-state index in [1.54, 1.807) is 18.2 Å². The van der Waals surface area contributed by atoms with E-state index in [0.29, 0.717) is 35.8 Å². The number of cyclic esters (lactones) is 2. The first-order valence-corrected chi connectivity index (χ1v) is 8.24.